The van der Waals surface area contributed by atoms with E-state index in [0.29, 0.717) is 24.1 Å². The highest BCUT2D eigenvalue weighted by molar-refractivity contribution is 6.07. The molecule has 0 radical (unpaired) electrons. The maximum absolute atomic E-state index is 12.5. The maximum Gasteiger partial charge on any atom is 0.340 e. The number of amides is 2. The van der Waals surface area contributed by atoms with Gasteiger partial charge in [0.25, 0.3) is 0 Å². The molecule has 160 valence electrons. The fourth-order valence-electron chi connectivity index (χ4n) is 3.96. The Balaban J connectivity index is 1.60. The third kappa shape index (κ3) is 3.92. The van der Waals surface area contributed by atoms with Gasteiger partial charge >= 0.3 is 11.9 Å². The molecule has 1 N–H and O–H groups in total. The summed E-state index contributed by atoms with van der Waals surface area (Å²) >= 11 is 0. The van der Waals surface area contributed by atoms with Crippen LogP contribution in [0.4, 0.5) is 0 Å². The number of Topliss-reactive ketones (excluding diaryl/α,β-unsaturated/α-hetero) is 1. The number of aromatic amines is 1. The van der Waals surface area contributed by atoms with E-state index in [1.165, 1.54) is 0 Å². The largest absolute Gasteiger partial charge is 0.462 e. The molecule has 1 aromatic rings. The molecular weight excluding hydrogens is 392 g/mol. The molecule has 2 amide bonds. The van der Waals surface area contributed by atoms with Crippen molar-refractivity contribution in [2.45, 2.75) is 33.6 Å². The fourth-order valence-corrected chi connectivity index (χ4v) is 3.96. The molecule has 1 saturated heterocycles. The van der Waals surface area contributed by atoms with Crippen LogP contribution in [-0.2, 0) is 23.9 Å². The van der Waals surface area contributed by atoms with Crippen molar-refractivity contribution in [2.75, 3.05) is 19.8 Å². The van der Waals surface area contributed by atoms with Gasteiger partial charge in [0.15, 0.2) is 6.61 Å². The number of ether oxygens (including phenoxy) is 2. The number of esters is 2. The molecule has 9 heteroatoms. The lowest BCUT2D eigenvalue weighted by Gasteiger charge is -2.14. The SMILES string of the molecule is CCOC(=O)c1c(C)[nH]c(C(=O)COC(=O)CN2C(=O)[C@H]3CC=CC[C@@H]3C2=O)c1C. The lowest BCUT2D eigenvalue weighted by atomic mass is 9.85. The Kier molecular flexibility index (Phi) is 6.19. The van der Waals surface area contributed by atoms with Crippen molar-refractivity contribution >= 4 is 29.5 Å². The first-order valence-corrected chi connectivity index (χ1v) is 9.81. The molecule has 0 spiro atoms. The van der Waals surface area contributed by atoms with Gasteiger partial charge in [-0.2, -0.15) is 0 Å². The van der Waals surface area contributed by atoms with E-state index in [1.54, 1.807) is 20.8 Å². The van der Waals surface area contributed by atoms with E-state index in [1.807, 2.05) is 12.2 Å². The van der Waals surface area contributed by atoms with E-state index in [4.69, 9.17) is 9.47 Å². The van der Waals surface area contributed by atoms with Crippen LogP contribution in [-0.4, -0.2) is 59.2 Å². The maximum atomic E-state index is 12.5. The predicted octanol–water partition coefficient (Wildman–Crippen LogP) is 1.49. The van der Waals surface area contributed by atoms with E-state index in [9.17, 15) is 24.0 Å². The van der Waals surface area contributed by atoms with Crippen LogP contribution < -0.4 is 0 Å². The van der Waals surface area contributed by atoms with Crippen molar-refractivity contribution < 1.29 is 33.4 Å². The van der Waals surface area contributed by atoms with Crippen LogP contribution in [0.3, 0.4) is 0 Å². The molecular formula is C21H24N2O7. The van der Waals surface area contributed by atoms with Crippen molar-refractivity contribution in [1.82, 2.24) is 9.88 Å². The minimum atomic E-state index is -0.844. The van der Waals surface area contributed by atoms with Crippen LogP contribution in [0.15, 0.2) is 12.2 Å². The van der Waals surface area contributed by atoms with Crippen molar-refractivity contribution in [3.05, 3.63) is 34.7 Å². The first kappa shape index (κ1) is 21.5. The Morgan fingerprint density at radius 1 is 1.07 bits per heavy atom. The number of imide groups is 1. The van der Waals surface area contributed by atoms with Crippen LogP contribution in [0.1, 0.15) is 51.9 Å². The van der Waals surface area contributed by atoms with Crippen molar-refractivity contribution in [1.29, 1.82) is 0 Å². The van der Waals surface area contributed by atoms with Crippen LogP contribution in [0.2, 0.25) is 0 Å². The number of H-pyrrole nitrogens is 1. The number of nitrogens with one attached hydrogen (secondary N) is 1. The smallest absolute Gasteiger partial charge is 0.340 e. The van der Waals surface area contributed by atoms with E-state index < -0.39 is 42.7 Å². The third-order valence-electron chi connectivity index (χ3n) is 5.45. The summed E-state index contributed by atoms with van der Waals surface area (Å²) in [6, 6.07) is 0. The standard InChI is InChI=1S/C21H24N2O7/c1-4-29-21(28)17-11(2)18(22-12(17)3)15(24)10-30-16(25)9-23-19(26)13-7-5-6-8-14(13)20(23)27/h5-6,13-14,22H,4,7-10H2,1-3H3/t13-,14-/m0/s1. The Bertz CT molecular complexity index is 917. The van der Waals surface area contributed by atoms with Crippen LogP contribution in [0.25, 0.3) is 0 Å². The second kappa shape index (κ2) is 8.64. The number of ketones is 1. The second-order valence-corrected chi connectivity index (χ2v) is 7.35. The van der Waals surface area contributed by atoms with E-state index in [2.05, 4.69) is 4.98 Å². The summed E-state index contributed by atoms with van der Waals surface area (Å²) in [7, 11) is 0. The van der Waals surface area contributed by atoms with Crippen LogP contribution in [0, 0.1) is 25.7 Å². The van der Waals surface area contributed by atoms with Gasteiger partial charge in [-0.05, 0) is 39.2 Å². The minimum Gasteiger partial charge on any atom is -0.462 e. The number of aryl methyl sites for hydroxylation is 1. The molecule has 2 heterocycles. The molecule has 2 aliphatic rings. The molecule has 1 fully saturated rings. The third-order valence-corrected chi connectivity index (χ3v) is 5.45. The first-order chi connectivity index (χ1) is 14.3. The molecule has 1 aromatic heterocycles. The van der Waals surface area contributed by atoms with Crippen molar-refractivity contribution in [3.63, 3.8) is 0 Å². The zero-order valence-corrected chi connectivity index (χ0v) is 17.1. The molecule has 1 aliphatic carbocycles. The molecule has 2 atom stereocenters. The summed E-state index contributed by atoms with van der Waals surface area (Å²) in [4.78, 5) is 65.2. The zero-order chi connectivity index (χ0) is 22.0. The monoisotopic (exact) mass is 416 g/mol. The molecule has 3 rings (SSSR count). The lowest BCUT2D eigenvalue weighted by molar-refractivity contribution is -0.152. The number of aromatic nitrogens is 1. The van der Waals surface area contributed by atoms with E-state index in [-0.39, 0.29) is 29.7 Å². The highest BCUT2D eigenvalue weighted by Gasteiger charge is 2.47. The van der Waals surface area contributed by atoms with Gasteiger partial charge in [0.1, 0.15) is 6.54 Å². The van der Waals surface area contributed by atoms with Gasteiger partial charge in [-0.3, -0.25) is 24.1 Å². The summed E-state index contributed by atoms with van der Waals surface area (Å²) < 4.78 is 9.98. The van der Waals surface area contributed by atoms with Gasteiger partial charge in [-0.1, -0.05) is 12.2 Å². The summed E-state index contributed by atoms with van der Waals surface area (Å²) in [5.74, 6) is -3.54. The number of likely N-dealkylation sites (tertiary alicyclic amines) is 1. The molecule has 0 saturated carbocycles. The highest BCUT2D eigenvalue weighted by Crippen LogP contribution is 2.34. The molecule has 1 aliphatic heterocycles. The topological polar surface area (TPSA) is 123 Å². The Morgan fingerprint density at radius 2 is 1.67 bits per heavy atom. The average molecular weight is 416 g/mol. The van der Waals surface area contributed by atoms with Gasteiger partial charge in [-0.15, -0.1) is 0 Å². The summed E-state index contributed by atoms with van der Waals surface area (Å²) in [6.07, 6.45) is 4.68. The minimum absolute atomic E-state index is 0.147. The number of rotatable bonds is 7. The van der Waals surface area contributed by atoms with E-state index in [0.717, 1.165) is 4.90 Å². The van der Waals surface area contributed by atoms with Crippen molar-refractivity contribution in [3.8, 4) is 0 Å². The Morgan fingerprint density at radius 3 is 2.23 bits per heavy atom. The predicted molar refractivity (Wildman–Crippen MR) is 104 cm³/mol. The molecule has 30 heavy (non-hydrogen) atoms. The number of carbonyl (C=O) groups is 5. The van der Waals surface area contributed by atoms with Crippen LogP contribution >= 0.6 is 0 Å². The van der Waals surface area contributed by atoms with Gasteiger partial charge in [-0.25, -0.2) is 4.79 Å². The normalized spacial score (nSPS) is 20.3. The van der Waals surface area contributed by atoms with Crippen molar-refractivity contribution in [2.24, 2.45) is 11.8 Å². The number of allylic oxidation sites excluding steroid dienone is 2. The summed E-state index contributed by atoms with van der Waals surface area (Å²) in [6.45, 7) is 4.03. The number of hydrogen-bond donors (Lipinski definition) is 1. The van der Waals surface area contributed by atoms with Gasteiger partial charge in [0.05, 0.1) is 29.7 Å². The Hall–Kier alpha value is -3.23. The number of nitrogens with zero attached hydrogens (tertiary/aromatic N) is 1. The lowest BCUT2D eigenvalue weighted by Crippen LogP contribution is -2.37. The number of hydrogen-bond acceptors (Lipinski definition) is 7. The molecule has 0 unspecified atom stereocenters. The molecule has 0 aromatic carbocycles. The summed E-state index contributed by atoms with van der Waals surface area (Å²) in [5.41, 5.74) is 1.31. The van der Waals surface area contributed by atoms with Gasteiger partial charge < -0.3 is 14.5 Å². The number of carbonyl (C=O) groups excluding carboxylic acids is 5. The fraction of sp³-hybridized carbons (Fsp3) is 0.476. The van der Waals surface area contributed by atoms with Gasteiger partial charge in [0.2, 0.25) is 17.6 Å². The molecule has 9 nitrogen and oxygen atoms in total. The highest BCUT2D eigenvalue weighted by atomic mass is 16.5. The van der Waals surface area contributed by atoms with E-state index >= 15 is 0 Å². The quantitative estimate of drug-likeness (QED) is 0.309. The van der Waals surface area contributed by atoms with Gasteiger partial charge in [0, 0.05) is 5.69 Å². The average Bonchev–Trinajstić information content (AvgIpc) is 3.15. The summed E-state index contributed by atoms with van der Waals surface area (Å²) in [5, 5.41) is 0. The zero-order valence-electron chi connectivity index (χ0n) is 17.1. The number of fused-ring (bicyclic) bond motifs is 1. The molecule has 0 bridgehead atoms. The van der Waals surface area contributed by atoms with Crippen LogP contribution in [0.5, 0.6) is 0 Å². The first-order valence-electron chi connectivity index (χ1n) is 9.81. The Labute approximate surface area is 173 Å². The second-order valence-electron chi connectivity index (χ2n) is 7.35.